The van der Waals surface area contributed by atoms with Gasteiger partial charge in [-0.05, 0) is 30.3 Å². The predicted molar refractivity (Wildman–Crippen MR) is 68.1 cm³/mol. The number of rotatable bonds is 2. The van der Waals surface area contributed by atoms with Crippen LogP contribution < -0.4 is 11.1 Å². The summed E-state index contributed by atoms with van der Waals surface area (Å²) < 4.78 is 13.1. The number of halogens is 2. The molecule has 3 N–H and O–H groups in total. The van der Waals surface area contributed by atoms with Crippen molar-refractivity contribution < 1.29 is 4.39 Å². The Hall–Kier alpha value is -2.32. The van der Waals surface area contributed by atoms with E-state index < -0.39 is 5.82 Å². The fraction of sp³-hybridized carbons (Fsp3) is 0. The van der Waals surface area contributed by atoms with Gasteiger partial charge in [-0.25, -0.2) is 9.37 Å². The fourth-order valence-electron chi connectivity index (χ4n) is 1.37. The third-order valence-corrected chi connectivity index (χ3v) is 2.45. The Balaban J connectivity index is 2.34. The number of nitrogens with one attached hydrogen (secondary N) is 1. The maximum atomic E-state index is 13.1. The molecule has 90 valence electrons. The molecule has 2 aromatic rings. The first-order valence-corrected chi connectivity index (χ1v) is 5.36. The lowest BCUT2D eigenvalue weighted by Crippen LogP contribution is -1.99. The summed E-state index contributed by atoms with van der Waals surface area (Å²) in [6, 6.07) is 8.97. The Kier molecular flexibility index (Phi) is 3.31. The van der Waals surface area contributed by atoms with Gasteiger partial charge >= 0.3 is 0 Å². The first kappa shape index (κ1) is 12.1. The van der Waals surface area contributed by atoms with E-state index >= 15 is 0 Å². The van der Waals surface area contributed by atoms with Crippen molar-refractivity contribution in [2.45, 2.75) is 0 Å². The van der Waals surface area contributed by atoms with Gasteiger partial charge in [-0.3, -0.25) is 0 Å². The van der Waals surface area contributed by atoms with Crippen molar-refractivity contribution in [3.8, 4) is 6.07 Å². The van der Waals surface area contributed by atoms with E-state index in [1.807, 2.05) is 0 Å². The van der Waals surface area contributed by atoms with Gasteiger partial charge in [-0.2, -0.15) is 5.26 Å². The highest BCUT2D eigenvalue weighted by Crippen LogP contribution is 2.24. The summed E-state index contributed by atoms with van der Waals surface area (Å²) >= 11 is 5.75. The first-order valence-electron chi connectivity index (χ1n) is 4.99. The summed E-state index contributed by atoms with van der Waals surface area (Å²) in [4.78, 5) is 4.00. The Morgan fingerprint density at radius 2 is 2.11 bits per heavy atom. The molecule has 2 rings (SSSR count). The molecule has 0 amide bonds. The Labute approximate surface area is 108 Å². The largest absolute Gasteiger partial charge is 0.396 e. The normalized spacial score (nSPS) is 9.83. The minimum atomic E-state index is -0.574. The number of benzene rings is 1. The Morgan fingerprint density at radius 1 is 1.33 bits per heavy atom. The lowest BCUT2D eigenvalue weighted by molar-refractivity contribution is 0.624. The molecule has 0 saturated heterocycles. The van der Waals surface area contributed by atoms with Crippen molar-refractivity contribution in [3.63, 3.8) is 0 Å². The number of hydrogen-bond donors (Lipinski definition) is 2. The molecule has 0 spiro atoms. The van der Waals surface area contributed by atoms with Crippen LogP contribution in [0, 0.1) is 17.1 Å². The zero-order valence-corrected chi connectivity index (χ0v) is 9.87. The zero-order valence-electron chi connectivity index (χ0n) is 9.11. The van der Waals surface area contributed by atoms with Crippen molar-refractivity contribution in [1.82, 2.24) is 4.98 Å². The lowest BCUT2D eigenvalue weighted by atomic mass is 10.2. The number of pyridine rings is 1. The van der Waals surface area contributed by atoms with Crippen LogP contribution in [-0.2, 0) is 0 Å². The highest BCUT2D eigenvalue weighted by atomic mass is 35.5. The van der Waals surface area contributed by atoms with Crippen LogP contribution in [0.5, 0.6) is 0 Å². The van der Waals surface area contributed by atoms with Crippen LogP contribution in [-0.4, -0.2) is 4.98 Å². The van der Waals surface area contributed by atoms with Gasteiger partial charge in [-0.1, -0.05) is 11.6 Å². The molecule has 0 fully saturated rings. The van der Waals surface area contributed by atoms with E-state index in [1.54, 1.807) is 18.2 Å². The van der Waals surface area contributed by atoms with Gasteiger partial charge in [0, 0.05) is 5.69 Å². The molecule has 1 heterocycles. The average molecular weight is 263 g/mol. The van der Waals surface area contributed by atoms with Crippen molar-refractivity contribution in [1.29, 1.82) is 5.26 Å². The Bertz CT molecular complexity index is 636. The smallest absolute Gasteiger partial charge is 0.155 e. The lowest BCUT2D eigenvalue weighted by Gasteiger charge is -2.08. The molecule has 1 aromatic carbocycles. The average Bonchev–Trinajstić information content (AvgIpc) is 2.36. The van der Waals surface area contributed by atoms with E-state index in [1.165, 1.54) is 18.2 Å². The number of hydrogen-bond acceptors (Lipinski definition) is 4. The molecule has 0 saturated carbocycles. The second-order valence-corrected chi connectivity index (χ2v) is 3.89. The number of anilines is 3. The van der Waals surface area contributed by atoms with Crippen LogP contribution in [0.2, 0.25) is 5.15 Å². The first-order chi connectivity index (χ1) is 8.60. The molecule has 18 heavy (non-hydrogen) atoms. The molecule has 0 unspecified atom stereocenters. The SMILES string of the molecule is N#Cc1cc(Nc2nc(Cl)ccc2N)ccc1F. The number of nitrogen functional groups attached to an aromatic ring is 1. The van der Waals surface area contributed by atoms with E-state index in [0.29, 0.717) is 17.2 Å². The summed E-state index contributed by atoms with van der Waals surface area (Å²) in [5.41, 5.74) is 6.57. The molecule has 6 heteroatoms. The second-order valence-electron chi connectivity index (χ2n) is 3.50. The van der Waals surface area contributed by atoms with Crippen LogP contribution in [0.4, 0.5) is 21.6 Å². The second kappa shape index (κ2) is 4.90. The molecule has 0 bridgehead atoms. The van der Waals surface area contributed by atoms with Crippen LogP contribution in [0.15, 0.2) is 30.3 Å². The third-order valence-electron chi connectivity index (χ3n) is 2.24. The van der Waals surface area contributed by atoms with Gasteiger partial charge in [0.05, 0.1) is 11.3 Å². The van der Waals surface area contributed by atoms with Gasteiger partial charge in [0.25, 0.3) is 0 Å². The summed E-state index contributed by atoms with van der Waals surface area (Å²) in [7, 11) is 0. The minimum Gasteiger partial charge on any atom is -0.396 e. The highest BCUT2D eigenvalue weighted by Gasteiger charge is 2.06. The Morgan fingerprint density at radius 3 is 2.83 bits per heavy atom. The van der Waals surface area contributed by atoms with Gasteiger partial charge in [0.15, 0.2) is 5.82 Å². The van der Waals surface area contributed by atoms with E-state index in [2.05, 4.69) is 10.3 Å². The third kappa shape index (κ3) is 2.50. The fourth-order valence-corrected chi connectivity index (χ4v) is 1.52. The molecule has 0 radical (unpaired) electrons. The maximum Gasteiger partial charge on any atom is 0.155 e. The summed E-state index contributed by atoms with van der Waals surface area (Å²) in [6.07, 6.45) is 0. The van der Waals surface area contributed by atoms with E-state index in [-0.39, 0.29) is 10.7 Å². The standard InChI is InChI=1S/C12H8ClFN4/c13-11-4-3-10(16)12(18-11)17-8-1-2-9(14)7(5-8)6-15/h1-5H,16H2,(H,17,18). The number of nitrogens with zero attached hydrogens (tertiary/aromatic N) is 2. The van der Waals surface area contributed by atoms with Crippen LogP contribution >= 0.6 is 11.6 Å². The summed E-state index contributed by atoms with van der Waals surface area (Å²) in [6.45, 7) is 0. The molecule has 0 aliphatic heterocycles. The highest BCUT2D eigenvalue weighted by molar-refractivity contribution is 6.29. The number of aromatic nitrogens is 1. The van der Waals surface area contributed by atoms with E-state index in [9.17, 15) is 4.39 Å². The minimum absolute atomic E-state index is 0.0550. The van der Waals surface area contributed by atoms with Crippen LogP contribution in [0.3, 0.4) is 0 Å². The molecule has 1 aromatic heterocycles. The van der Waals surface area contributed by atoms with Gasteiger partial charge in [-0.15, -0.1) is 0 Å². The van der Waals surface area contributed by atoms with E-state index in [0.717, 1.165) is 0 Å². The van der Waals surface area contributed by atoms with Gasteiger partial charge in [0.1, 0.15) is 17.0 Å². The number of nitrogens with two attached hydrogens (primary N) is 1. The molecule has 0 aliphatic carbocycles. The van der Waals surface area contributed by atoms with Crippen LogP contribution in [0.1, 0.15) is 5.56 Å². The summed E-state index contributed by atoms with van der Waals surface area (Å²) in [5, 5.41) is 11.9. The predicted octanol–water partition coefficient (Wildman–Crippen LogP) is 3.07. The van der Waals surface area contributed by atoms with Crippen LogP contribution in [0.25, 0.3) is 0 Å². The quantitative estimate of drug-likeness (QED) is 0.816. The molecule has 0 aliphatic rings. The molecular formula is C12H8ClFN4. The monoisotopic (exact) mass is 262 g/mol. The molecule has 4 nitrogen and oxygen atoms in total. The van der Waals surface area contributed by atoms with Crippen molar-refractivity contribution in [2.75, 3.05) is 11.1 Å². The molecule has 0 atom stereocenters. The van der Waals surface area contributed by atoms with Crippen molar-refractivity contribution in [2.24, 2.45) is 0 Å². The van der Waals surface area contributed by atoms with Gasteiger partial charge in [0.2, 0.25) is 0 Å². The van der Waals surface area contributed by atoms with Crippen molar-refractivity contribution >= 4 is 28.8 Å². The summed E-state index contributed by atoms with van der Waals surface area (Å²) in [5.74, 6) is -0.215. The molecular weight excluding hydrogens is 255 g/mol. The van der Waals surface area contributed by atoms with E-state index in [4.69, 9.17) is 22.6 Å². The van der Waals surface area contributed by atoms with Crippen molar-refractivity contribution in [3.05, 3.63) is 46.9 Å². The number of nitriles is 1. The topological polar surface area (TPSA) is 74.7 Å². The van der Waals surface area contributed by atoms with Gasteiger partial charge < -0.3 is 11.1 Å². The maximum absolute atomic E-state index is 13.1. The zero-order chi connectivity index (χ0) is 13.1.